The molecule has 2 saturated heterocycles. The first-order chi connectivity index (χ1) is 19.7. The van der Waals surface area contributed by atoms with Crippen molar-refractivity contribution in [3.63, 3.8) is 0 Å². The number of ether oxygens (including phenoxy) is 1. The number of phenolic OH excluding ortho intramolecular Hbond substituents is 1. The average molecular weight is 568 g/mol. The number of β-lactam (4-membered cyclic amide) rings is 1. The maximum Gasteiger partial charge on any atom is 0.233 e. The summed E-state index contributed by atoms with van der Waals surface area (Å²) in [5.74, 6) is -1.14. The highest BCUT2D eigenvalue weighted by molar-refractivity contribution is 6.03. The number of rotatable bonds is 9. The summed E-state index contributed by atoms with van der Waals surface area (Å²) in [5, 5.41) is 61.8. The molecule has 218 valence electrons. The molecule has 3 aromatic carbocycles. The number of halogens is 1. The Kier molecular flexibility index (Phi) is 8.69. The number of phenols is 1. The minimum absolute atomic E-state index is 0.0744. The lowest BCUT2D eigenvalue weighted by molar-refractivity contribution is -0.228. The van der Waals surface area contributed by atoms with Crippen LogP contribution in [-0.4, -0.2) is 73.7 Å². The van der Waals surface area contributed by atoms with E-state index in [4.69, 9.17) is 4.74 Å². The van der Waals surface area contributed by atoms with E-state index in [0.717, 1.165) is 0 Å². The number of hydrogen-bond donors (Lipinski definition) is 6. The molecule has 0 radical (unpaired) electrons. The zero-order valence-electron chi connectivity index (χ0n) is 22.2. The van der Waals surface area contributed by atoms with Crippen LogP contribution in [0.25, 0.3) is 0 Å². The molecule has 41 heavy (non-hydrogen) atoms. The van der Waals surface area contributed by atoms with Gasteiger partial charge < -0.3 is 40.3 Å². The first-order valence-electron chi connectivity index (χ1n) is 13.6. The molecule has 0 aromatic heterocycles. The molecular weight excluding hydrogens is 533 g/mol. The van der Waals surface area contributed by atoms with Crippen LogP contribution >= 0.6 is 0 Å². The third-order valence-electron chi connectivity index (χ3n) is 8.10. The van der Waals surface area contributed by atoms with Crippen molar-refractivity contribution in [2.75, 3.05) is 11.5 Å². The highest BCUT2D eigenvalue weighted by Gasteiger charge is 2.49. The maximum atomic E-state index is 13.3. The number of nitrogens with zero attached hydrogens (tertiary/aromatic N) is 1. The molecule has 0 unspecified atom stereocenters. The third kappa shape index (κ3) is 5.85. The van der Waals surface area contributed by atoms with Crippen LogP contribution in [0.3, 0.4) is 0 Å². The molecule has 9 nitrogen and oxygen atoms in total. The van der Waals surface area contributed by atoms with Crippen molar-refractivity contribution >= 4 is 11.6 Å². The number of benzene rings is 3. The second-order valence-electron chi connectivity index (χ2n) is 10.7. The van der Waals surface area contributed by atoms with Crippen LogP contribution in [0.4, 0.5) is 10.1 Å². The molecule has 0 bridgehead atoms. The molecule has 2 aliphatic heterocycles. The number of hydrogen-bond acceptors (Lipinski definition) is 8. The Bertz CT molecular complexity index is 1340. The Labute approximate surface area is 236 Å². The van der Waals surface area contributed by atoms with E-state index in [-0.39, 0.29) is 24.5 Å². The van der Waals surface area contributed by atoms with Gasteiger partial charge in [0.05, 0.1) is 30.8 Å². The van der Waals surface area contributed by atoms with Crippen LogP contribution in [0.1, 0.15) is 41.7 Å². The summed E-state index contributed by atoms with van der Waals surface area (Å²) in [7, 11) is 0. The molecule has 0 spiro atoms. The fraction of sp³-hybridized carbons (Fsp3) is 0.387. The Balaban J connectivity index is 1.36. The highest BCUT2D eigenvalue weighted by atomic mass is 19.1. The van der Waals surface area contributed by atoms with E-state index in [2.05, 4.69) is 0 Å². The van der Waals surface area contributed by atoms with Crippen molar-refractivity contribution in [3.8, 4) is 5.75 Å². The van der Waals surface area contributed by atoms with Gasteiger partial charge in [0.25, 0.3) is 0 Å². The van der Waals surface area contributed by atoms with Gasteiger partial charge in [-0.2, -0.15) is 0 Å². The van der Waals surface area contributed by atoms with Crippen molar-refractivity contribution < 1.29 is 44.6 Å². The molecule has 0 saturated carbocycles. The molecule has 0 aliphatic carbocycles. The minimum atomic E-state index is -1.50. The van der Waals surface area contributed by atoms with Gasteiger partial charge in [-0.15, -0.1) is 0 Å². The largest absolute Gasteiger partial charge is 0.508 e. The Morgan fingerprint density at radius 3 is 2.24 bits per heavy atom. The number of carbonyl (C=O) groups excluding carboxylic acids is 1. The first kappa shape index (κ1) is 29.1. The van der Waals surface area contributed by atoms with Crippen molar-refractivity contribution in [1.82, 2.24) is 0 Å². The summed E-state index contributed by atoms with van der Waals surface area (Å²) in [6.07, 6.45) is -6.51. The van der Waals surface area contributed by atoms with Gasteiger partial charge in [0.15, 0.2) is 0 Å². The molecule has 3 aromatic rings. The second kappa shape index (κ2) is 12.2. The third-order valence-corrected chi connectivity index (χ3v) is 8.10. The van der Waals surface area contributed by atoms with Crippen LogP contribution < -0.4 is 4.90 Å². The zero-order chi connectivity index (χ0) is 29.3. The quantitative estimate of drug-likeness (QED) is 0.215. The molecule has 6 N–H and O–H groups in total. The van der Waals surface area contributed by atoms with Crippen LogP contribution in [0, 0.1) is 11.7 Å². The van der Waals surface area contributed by atoms with E-state index < -0.39 is 61.0 Å². The Hall–Kier alpha value is -3.38. The van der Waals surface area contributed by atoms with E-state index in [0.29, 0.717) is 28.8 Å². The fourth-order valence-electron chi connectivity index (χ4n) is 5.80. The predicted molar refractivity (Wildman–Crippen MR) is 146 cm³/mol. The summed E-state index contributed by atoms with van der Waals surface area (Å²) in [6, 6.07) is 19.1. The first-order valence-corrected chi connectivity index (χ1v) is 13.6. The molecule has 2 aliphatic rings. The maximum absolute atomic E-state index is 13.3. The van der Waals surface area contributed by atoms with Crippen molar-refractivity contribution in [2.24, 2.45) is 5.92 Å². The molecule has 2 fully saturated rings. The zero-order valence-corrected chi connectivity index (χ0v) is 22.2. The van der Waals surface area contributed by atoms with Crippen LogP contribution in [-0.2, 0) is 16.0 Å². The molecule has 10 heteroatoms. The minimum Gasteiger partial charge on any atom is -0.508 e. The molecule has 2 heterocycles. The lowest BCUT2D eigenvalue weighted by atomic mass is 9.77. The monoisotopic (exact) mass is 567 g/mol. The van der Waals surface area contributed by atoms with Crippen molar-refractivity contribution in [3.05, 3.63) is 95.3 Å². The van der Waals surface area contributed by atoms with Crippen LogP contribution in [0.15, 0.2) is 72.8 Å². The second-order valence-corrected chi connectivity index (χ2v) is 10.7. The number of aliphatic hydroxyl groups is 5. The standard InChI is InChI=1S/C31H34FNO8/c32-19-9-7-18(8-10-19)23(35)13-12-22-27(33(31(22)40)20-4-2-1-3-5-20)21-11-6-17(14-24(21)36)15-25-28(37)30(39)29(38)26(16-34)41-25/h1-11,14,22-23,25-30,34-39H,12-13,15-16H2/t22-,23+,25+,26-,27-,28+,29-,30-/m1/s1. The molecule has 5 rings (SSSR count). The number of amides is 1. The summed E-state index contributed by atoms with van der Waals surface area (Å²) in [4.78, 5) is 14.9. The van der Waals surface area contributed by atoms with E-state index in [1.807, 2.05) is 18.2 Å². The Morgan fingerprint density at radius 2 is 1.59 bits per heavy atom. The predicted octanol–water partition coefficient (Wildman–Crippen LogP) is 2.13. The summed E-state index contributed by atoms with van der Waals surface area (Å²) in [6.45, 7) is -0.534. The van der Waals surface area contributed by atoms with Gasteiger partial charge in [-0.25, -0.2) is 4.39 Å². The highest BCUT2D eigenvalue weighted by Crippen LogP contribution is 2.48. The molecule has 8 atom stereocenters. The van der Waals surface area contributed by atoms with Gasteiger partial charge in [0, 0.05) is 17.7 Å². The smallest absolute Gasteiger partial charge is 0.233 e. The summed E-state index contributed by atoms with van der Waals surface area (Å²) < 4.78 is 18.9. The van der Waals surface area contributed by atoms with Gasteiger partial charge in [0.2, 0.25) is 5.91 Å². The van der Waals surface area contributed by atoms with Gasteiger partial charge in [0.1, 0.15) is 36.0 Å². The number of aromatic hydroxyl groups is 1. The van der Waals surface area contributed by atoms with Crippen molar-refractivity contribution in [1.29, 1.82) is 0 Å². The van der Waals surface area contributed by atoms with Crippen LogP contribution in [0.2, 0.25) is 0 Å². The Morgan fingerprint density at radius 1 is 0.902 bits per heavy atom. The SMILES string of the molecule is O=C1[C@H](CC[C@H](O)c2ccc(F)cc2)[C@@H](c2ccc(C[C@@H]3O[C@H](CO)[C@@H](O)[C@H](O)[C@H]3O)cc2O)N1c1ccccc1. The summed E-state index contributed by atoms with van der Waals surface area (Å²) >= 11 is 0. The number of para-hydroxylation sites is 1. The van der Waals surface area contributed by atoms with Crippen LogP contribution in [0.5, 0.6) is 5.75 Å². The van der Waals surface area contributed by atoms with Gasteiger partial charge in [-0.05, 0) is 54.3 Å². The van der Waals surface area contributed by atoms with Gasteiger partial charge >= 0.3 is 0 Å². The lowest BCUT2D eigenvalue weighted by Crippen LogP contribution is -2.59. The van der Waals surface area contributed by atoms with Gasteiger partial charge in [-0.1, -0.05) is 42.5 Å². The van der Waals surface area contributed by atoms with Gasteiger partial charge in [-0.3, -0.25) is 4.79 Å². The number of anilines is 1. The van der Waals surface area contributed by atoms with Crippen molar-refractivity contribution in [2.45, 2.75) is 61.9 Å². The summed E-state index contributed by atoms with van der Waals surface area (Å²) in [5.41, 5.74) is 2.31. The molecule has 1 amide bonds. The van der Waals surface area contributed by atoms with E-state index >= 15 is 0 Å². The van der Waals surface area contributed by atoms with E-state index in [1.165, 1.54) is 30.3 Å². The van der Waals surface area contributed by atoms with E-state index in [9.17, 15) is 39.8 Å². The van der Waals surface area contributed by atoms with E-state index in [1.54, 1.807) is 29.2 Å². The normalized spacial score (nSPS) is 28.8. The lowest BCUT2D eigenvalue weighted by Gasteiger charge is -2.48. The molecular formula is C31H34FNO8. The number of aliphatic hydroxyl groups excluding tert-OH is 5. The average Bonchev–Trinajstić information content (AvgIpc) is 2.97. The number of carbonyl (C=O) groups is 1. The topological polar surface area (TPSA) is 151 Å². The fourth-order valence-corrected chi connectivity index (χ4v) is 5.80.